The lowest BCUT2D eigenvalue weighted by Gasteiger charge is -2.06. The summed E-state index contributed by atoms with van der Waals surface area (Å²) in [4.78, 5) is 34.0. The molecule has 0 fully saturated rings. The molecule has 2 amide bonds. The zero-order valence-electron chi connectivity index (χ0n) is 13.6. The molecule has 0 radical (unpaired) electrons. The summed E-state index contributed by atoms with van der Waals surface area (Å²) in [6.07, 6.45) is 2.76. The first-order chi connectivity index (χ1) is 12.0. The number of nitrogens with zero attached hydrogens (tertiary/aromatic N) is 1. The van der Waals surface area contributed by atoms with Crippen LogP contribution in [0.5, 0.6) is 0 Å². The number of hydrogen-bond acceptors (Lipinski definition) is 4. The predicted octanol–water partition coefficient (Wildman–Crippen LogP) is 3.00. The van der Waals surface area contributed by atoms with E-state index in [0.29, 0.717) is 23.4 Å². The number of nitro benzene ring substituents is 1. The molecule has 0 aliphatic heterocycles. The van der Waals surface area contributed by atoms with E-state index in [1.54, 1.807) is 36.4 Å². The summed E-state index contributed by atoms with van der Waals surface area (Å²) in [5.74, 6) is -0.620. The van der Waals surface area contributed by atoms with Crippen molar-refractivity contribution in [1.82, 2.24) is 5.32 Å². The maximum absolute atomic E-state index is 12.0. The Bertz CT molecular complexity index is 831. The molecule has 0 spiro atoms. The second kappa shape index (κ2) is 8.39. The first-order valence-corrected chi connectivity index (χ1v) is 7.61. The van der Waals surface area contributed by atoms with E-state index in [2.05, 4.69) is 10.6 Å². The van der Waals surface area contributed by atoms with E-state index in [4.69, 9.17) is 0 Å². The Morgan fingerprint density at radius 3 is 2.64 bits per heavy atom. The Hall–Kier alpha value is -3.48. The topological polar surface area (TPSA) is 101 Å². The molecule has 0 unspecified atom stereocenters. The highest BCUT2D eigenvalue weighted by atomic mass is 16.6. The molecule has 0 saturated heterocycles. The summed E-state index contributed by atoms with van der Waals surface area (Å²) in [7, 11) is 0. The third kappa shape index (κ3) is 5.28. The average molecular weight is 339 g/mol. The van der Waals surface area contributed by atoms with Crippen molar-refractivity contribution >= 4 is 29.3 Å². The number of nitro groups is 1. The molecular formula is C18H17N3O4. The second-order valence-electron chi connectivity index (χ2n) is 5.11. The minimum atomic E-state index is -0.496. The van der Waals surface area contributed by atoms with Crippen molar-refractivity contribution < 1.29 is 14.5 Å². The standard InChI is InChI=1S/C18H17N3O4/c1-2-19-18(23)14-6-4-7-15(12-14)20-17(22)10-9-13-5-3-8-16(11-13)21(24)25/h3-12H,2H2,1H3,(H,19,23)(H,20,22)/b10-9+. The van der Waals surface area contributed by atoms with Crippen LogP contribution in [0.3, 0.4) is 0 Å². The molecule has 128 valence electrons. The van der Waals surface area contributed by atoms with Crippen molar-refractivity contribution in [2.24, 2.45) is 0 Å². The van der Waals surface area contributed by atoms with Crippen molar-refractivity contribution in [3.63, 3.8) is 0 Å². The van der Waals surface area contributed by atoms with E-state index in [0.717, 1.165) is 0 Å². The van der Waals surface area contributed by atoms with E-state index in [9.17, 15) is 19.7 Å². The van der Waals surface area contributed by atoms with Gasteiger partial charge < -0.3 is 10.6 Å². The summed E-state index contributed by atoms with van der Waals surface area (Å²) in [6.45, 7) is 2.34. The molecular weight excluding hydrogens is 322 g/mol. The number of nitrogens with one attached hydrogen (secondary N) is 2. The van der Waals surface area contributed by atoms with Crippen LogP contribution in [0, 0.1) is 10.1 Å². The van der Waals surface area contributed by atoms with Crippen LogP contribution in [-0.4, -0.2) is 23.3 Å². The Kier molecular flexibility index (Phi) is 6.00. The smallest absolute Gasteiger partial charge is 0.270 e. The molecule has 2 rings (SSSR count). The maximum atomic E-state index is 12.0. The van der Waals surface area contributed by atoms with Gasteiger partial charge in [-0.1, -0.05) is 18.2 Å². The lowest BCUT2D eigenvalue weighted by molar-refractivity contribution is -0.384. The molecule has 0 aromatic heterocycles. The minimum Gasteiger partial charge on any atom is -0.352 e. The molecule has 0 saturated carbocycles. The van der Waals surface area contributed by atoms with Crippen LogP contribution in [0.4, 0.5) is 11.4 Å². The van der Waals surface area contributed by atoms with Crippen LogP contribution in [0.1, 0.15) is 22.8 Å². The number of anilines is 1. The van der Waals surface area contributed by atoms with E-state index in [1.807, 2.05) is 6.92 Å². The SMILES string of the molecule is CCNC(=O)c1cccc(NC(=O)/C=C/c2cccc([N+](=O)[O-])c2)c1. The van der Waals surface area contributed by atoms with E-state index < -0.39 is 10.8 Å². The van der Waals surface area contributed by atoms with Gasteiger partial charge in [0.25, 0.3) is 11.6 Å². The molecule has 2 N–H and O–H groups in total. The van der Waals surface area contributed by atoms with Crippen molar-refractivity contribution in [2.45, 2.75) is 6.92 Å². The lowest BCUT2D eigenvalue weighted by Crippen LogP contribution is -2.22. The summed E-state index contributed by atoms with van der Waals surface area (Å²) in [6, 6.07) is 12.5. The minimum absolute atomic E-state index is 0.0443. The highest BCUT2D eigenvalue weighted by Crippen LogP contribution is 2.15. The van der Waals surface area contributed by atoms with Gasteiger partial charge in [0.2, 0.25) is 5.91 Å². The number of amides is 2. The number of hydrogen-bond donors (Lipinski definition) is 2. The van der Waals surface area contributed by atoms with Gasteiger partial charge in [0, 0.05) is 36.0 Å². The number of carbonyl (C=O) groups excluding carboxylic acids is 2. The van der Waals surface area contributed by atoms with Crippen LogP contribution in [0.15, 0.2) is 54.6 Å². The number of carbonyl (C=O) groups is 2. The van der Waals surface area contributed by atoms with Gasteiger partial charge in [0.1, 0.15) is 0 Å². The Balaban J connectivity index is 2.05. The summed E-state index contributed by atoms with van der Waals surface area (Å²) < 4.78 is 0. The first-order valence-electron chi connectivity index (χ1n) is 7.61. The van der Waals surface area contributed by atoms with Gasteiger partial charge >= 0.3 is 0 Å². The van der Waals surface area contributed by atoms with E-state index in [1.165, 1.54) is 24.3 Å². The summed E-state index contributed by atoms with van der Waals surface area (Å²) >= 11 is 0. The Morgan fingerprint density at radius 2 is 1.92 bits per heavy atom. The first kappa shape index (κ1) is 17.9. The molecule has 0 aliphatic rings. The van der Waals surface area contributed by atoms with E-state index in [-0.39, 0.29) is 11.6 Å². The number of benzene rings is 2. The molecule has 2 aromatic carbocycles. The monoisotopic (exact) mass is 339 g/mol. The van der Waals surface area contributed by atoms with Gasteiger partial charge in [-0.3, -0.25) is 19.7 Å². The van der Waals surface area contributed by atoms with Gasteiger partial charge in [-0.15, -0.1) is 0 Å². The maximum Gasteiger partial charge on any atom is 0.270 e. The fraction of sp³-hybridized carbons (Fsp3) is 0.111. The van der Waals surface area contributed by atoms with Crippen LogP contribution in [0.25, 0.3) is 6.08 Å². The lowest BCUT2D eigenvalue weighted by atomic mass is 10.1. The molecule has 0 atom stereocenters. The molecule has 0 bridgehead atoms. The van der Waals surface area contributed by atoms with Gasteiger partial charge in [0.05, 0.1) is 4.92 Å². The number of non-ortho nitro benzene ring substituents is 1. The third-order valence-electron chi connectivity index (χ3n) is 3.24. The molecule has 2 aromatic rings. The quantitative estimate of drug-likeness (QED) is 0.480. The van der Waals surface area contributed by atoms with Crippen LogP contribution >= 0.6 is 0 Å². The fourth-order valence-corrected chi connectivity index (χ4v) is 2.10. The largest absolute Gasteiger partial charge is 0.352 e. The van der Waals surface area contributed by atoms with Gasteiger partial charge in [-0.2, -0.15) is 0 Å². The van der Waals surface area contributed by atoms with Gasteiger partial charge in [0.15, 0.2) is 0 Å². The zero-order chi connectivity index (χ0) is 18.2. The highest BCUT2D eigenvalue weighted by Gasteiger charge is 2.06. The predicted molar refractivity (Wildman–Crippen MR) is 95.2 cm³/mol. The normalized spacial score (nSPS) is 10.4. The highest BCUT2D eigenvalue weighted by molar-refractivity contribution is 6.03. The molecule has 0 aliphatic carbocycles. The molecule has 25 heavy (non-hydrogen) atoms. The molecule has 0 heterocycles. The van der Waals surface area contributed by atoms with Crippen molar-refractivity contribution in [3.05, 3.63) is 75.8 Å². The fourth-order valence-electron chi connectivity index (χ4n) is 2.10. The summed E-state index contributed by atoms with van der Waals surface area (Å²) in [5, 5.41) is 16.1. The van der Waals surface area contributed by atoms with Gasteiger partial charge in [-0.05, 0) is 36.8 Å². The second-order valence-corrected chi connectivity index (χ2v) is 5.11. The third-order valence-corrected chi connectivity index (χ3v) is 3.24. The zero-order valence-corrected chi connectivity index (χ0v) is 13.6. The molecule has 7 heteroatoms. The van der Waals surface area contributed by atoms with Crippen LogP contribution in [-0.2, 0) is 4.79 Å². The van der Waals surface area contributed by atoms with Crippen molar-refractivity contribution in [1.29, 1.82) is 0 Å². The molecule has 7 nitrogen and oxygen atoms in total. The van der Waals surface area contributed by atoms with Crippen LogP contribution in [0.2, 0.25) is 0 Å². The van der Waals surface area contributed by atoms with E-state index >= 15 is 0 Å². The van der Waals surface area contributed by atoms with Gasteiger partial charge in [-0.25, -0.2) is 0 Å². The van der Waals surface area contributed by atoms with Crippen molar-refractivity contribution in [3.8, 4) is 0 Å². The Morgan fingerprint density at radius 1 is 1.16 bits per heavy atom. The Labute approximate surface area is 144 Å². The number of rotatable bonds is 6. The summed E-state index contributed by atoms with van der Waals surface area (Å²) in [5.41, 5.74) is 1.43. The van der Waals surface area contributed by atoms with Crippen LogP contribution < -0.4 is 10.6 Å². The average Bonchev–Trinajstić information content (AvgIpc) is 2.60. The van der Waals surface area contributed by atoms with Crippen molar-refractivity contribution in [2.75, 3.05) is 11.9 Å².